The van der Waals surface area contributed by atoms with Crippen molar-refractivity contribution in [3.8, 4) is 5.75 Å². The van der Waals surface area contributed by atoms with E-state index in [0.29, 0.717) is 18.1 Å². The maximum absolute atomic E-state index is 11.8. The summed E-state index contributed by atoms with van der Waals surface area (Å²) >= 11 is 0. The normalized spacial score (nSPS) is 15.5. The second-order valence-corrected chi connectivity index (χ2v) is 8.32. The van der Waals surface area contributed by atoms with Crippen LogP contribution in [0.5, 0.6) is 5.75 Å². The molecule has 0 saturated carbocycles. The maximum Gasteiger partial charge on any atom is 0.339 e. The first-order chi connectivity index (χ1) is 16.1. The summed E-state index contributed by atoms with van der Waals surface area (Å²) in [4.78, 5) is 25.3. The lowest BCUT2D eigenvalue weighted by atomic mass is 10.0. The van der Waals surface area contributed by atoms with Crippen molar-refractivity contribution in [3.05, 3.63) is 77.6 Å². The van der Waals surface area contributed by atoms with Crippen molar-refractivity contribution in [2.75, 3.05) is 37.0 Å². The molecule has 7 heteroatoms. The zero-order valence-electron chi connectivity index (χ0n) is 19.1. The number of hydrogen-bond donors (Lipinski definition) is 1. The number of methoxy groups -OCH3 is 1. The Hall–Kier alpha value is -3.61. The van der Waals surface area contributed by atoms with E-state index in [0.717, 1.165) is 43.8 Å². The van der Waals surface area contributed by atoms with Crippen LogP contribution >= 0.6 is 0 Å². The van der Waals surface area contributed by atoms with Gasteiger partial charge in [0.05, 0.1) is 24.4 Å². The van der Waals surface area contributed by atoms with Gasteiger partial charge in [-0.2, -0.15) is 0 Å². The lowest BCUT2D eigenvalue weighted by Crippen LogP contribution is -2.26. The Morgan fingerprint density at radius 1 is 1.18 bits per heavy atom. The highest BCUT2D eigenvalue weighted by Crippen LogP contribution is 2.35. The van der Waals surface area contributed by atoms with Crippen LogP contribution in [0.4, 0.5) is 11.6 Å². The number of aromatic carboxylic acids is 1. The van der Waals surface area contributed by atoms with Crippen LogP contribution in [0.25, 0.3) is 0 Å². The molecule has 1 N–H and O–H groups in total. The summed E-state index contributed by atoms with van der Waals surface area (Å²) < 4.78 is 5.28. The first kappa shape index (κ1) is 22.6. The number of carboxylic acids is 1. The molecule has 1 unspecified atom stereocenters. The Kier molecular flexibility index (Phi) is 7.07. The number of nitrogens with zero attached hydrogens (tertiary/aromatic N) is 4. The molecule has 1 fully saturated rings. The summed E-state index contributed by atoms with van der Waals surface area (Å²) in [6, 6.07) is 18.4. The van der Waals surface area contributed by atoms with Gasteiger partial charge in [-0.1, -0.05) is 30.3 Å². The Morgan fingerprint density at radius 3 is 2.64 bits per heavy atom. The molecular formula is C26H30N4O3. The number of rotatable bonds is 9. The van der Waals surface area contributed by atoms with Crippen LogP contribution < -0.4 is 14.5 Å². The number of aromatic nitrogens is 2. The fourth-order valence-electron chi connectivity index (χ4n) is 4.39. The van der Waals surface area contributed by atoms with Crippen LogP contribution in [0.3, 0.4) is 0 Å². The standard InChI is InChI=1S/C26H30N4O3/c1-29(20-8-4-3-5-9-20)16-6-10-23-22(25(31)32)18-27-26(28-23)30-17-7-11-24(30)19-12-14-21(33-2)15-13-19/h3-5,8-9,12-15,18,24H,6-7,10-11,16-17H2,1-2H3,(H,31,32). The van der Waals surface area contributed by atoms with Gasteiger partial charge in [0.1, 0.15) is 5.75 Å². The fourth-order valence-corrected chi connectivity index (χ4v) is 4.39. The molecule has 0 bridgehead atoms. The smallest absolute Gasteiger partial charge is 0.339 e. The highest BCUT2D eigenvalue weighted by molar-refractivity contribution is 5.88. The van der Waals surface area contributed by atoms with Gasteiger partial charge in [0, 0.05) is 32.0 Å². The number of anilines is 2. The number of carboxylic acid groups (broad SMARTS) is 1. The highest BCUT2D eigenvalue weighted by Gasteiger charge is 2.29. The van der Waals surface area contributed by atoms with Crippen LogP contribution in [0.1, 0.15) is 46.9 Å². The summed E-state index contributed by atoms with van der Waals surface area (Å²) in [5, 5.41) is 9.67. The van der Waals surface area contributed by atoms with E-state index >= 15 is 0 Å². The van der Waals surface area contributed by atoms with Gasteiger partial charge < -0.3 is 19.6 Å². The minimum atomic E-state index is -0.985. The molecule has 0 spiro atoms. The first-order valence-electron chi connectivity index (χ1n) is 11.3. The van der Waals surface area contributed by atoms with E-state index in [4.69, 9.17) is 9.72 Å². The van der Waals surface area contributed by atoms with Crippen molar-refractivity contribution in [1.29, 1.82) is 0 Å². The first-order valence-corrected chi connectivity index (χ1v) is 11.3. The summed E-state index contributed by atoms with van der Waals surface area (Å²) in [7, 11) is 3.70. The predicted molar refractivity (Wildman–Crippen MR) is 129 cm³/mol. The van der Waals surface area contributed by atoms with E-state index in [1.165, 1.54) is 11.8 Å². The highest BCUT2D eigenvalue weighted by atomic mass is 16.5. The van der Waals surface area contributed by atoms with Crippen LogP contribution in [0.2, 0.25) is 0 Å². The lowest BCUT2D eigenvalue weighted by Gasteiger charge is -2.26. The van der Waals surface area contributed by atoms with Gasteiger partial charge in [-0.3, -0.25) is 0 Å². The van der Waals surface area contributed by atoms with Crippen LogP contribution in [-0.4, -0.2) is 48.3 Å². The molecule has 3 aromatic rings. The average Bonchev–Trinajstić information content (AvgIpc) is 3.34. The number of para-hydroxylation sites is 1. The van der Waals surface area contributed by atoms with E-state index in [1.54, 1.807) is 7.11 Å². The molecule has 0 aliphatic carbocycles. The molecule has 33 heavy (non-hydrogen) atoms. The molecule has 1 saturated heterocycles. The van der Waals surface area contributed by atoms with Crippen molar-refractivity contribution in [1.82, 2.24) is 9.97 Å². The zero-order chi connectivity index (χ0) is 23.2. The van der Waals surface area contributed by atoms with Crippen LogP contribution in [-0.2, 0) is 6.42 Å². The molecule has 0 radical (unpaired) electrons. The molecule has 1 aromatic heterocycles. The molecule has 4 rings (SSSR count). The molecule has 172 valence electrons. The molecule has 1 aliphatic heterocycles. The Bertz CT molecular complexity index is 1070. The van der Waals surface area contributed by atoms with E-state index in [2.05, 4.69) is 39.0 Å². The summed E-state index contributed by atoms with van der Waals surface area (Å²) in [6.07, 6.45) is 4.88. The molecule has 2 aromatic carbocycles. The minimum absolute atomic E-state index is 0.170. The van der Waals surface area contributed by atoms with Crippen molar-refractivity contribution in [2.45, 2.75) is 31.7 Å². The second kappa shape index (κ2) is 10.3. The SMILES string of the molecule is COc1ccc(C2CCCN2c2ncc(C(=O)O)c(CCCN(C)c3ccccc3)n2)cc1. The number of ether oxygens (including phenoxy) is 1. The molecule has 1 aliphatic rings. The monoisotopic (exact) mass is 446 g/mol. The zero-order valence-corrected chi connectivity index (χ0v) is 19.1. The summed E-state index contributed by atoms with van der Waals surface area (Å²) in [5.74, 6) is 0.443. The second-order valence-electron chi connectivity index (χ2n) is 8.32. The number of carbonyl (C=O) groups is 1. The van der Waals surface area contributed by atoms with Gasteiger partial charge in [-0.15, -0.1) is 0 Å². The van der Waals surface area contributed by atoms with Gasteiger partial charge >= 0.3 is 5.97 Å². The lowest BCUT2D eigenvalue weighted by molar-refractivity contribution is 0.0694. The fraction of sp³-hybridized carbons (Fsp3) is 0.346. The third-order valence-electron chi connectivity index (χ3n) is 6.20. The van der Waals surface area contributed by atoms with Crippen molar-refractivity contribution in [2.24, 2.45) is 0 Å². The van der Waals surface area contributed by atoms with E-state index in [-0.39, 0.29) is 11.6 Å². The Morgan fingerprint density at radius 2 is 1.94 bits per heavy atom. The van der Waals surface area contributed by atoms with E-state index in [9.17, 15) is 9.90 Å². The molecule has 2 heterocycles. The number of aryl methyl sites for hydroxylation is 1. The van der Waals surface area contributed by atoms with Crippen molar-refractivity contribution >= 4 is 17.6 Å². The quantitative estimate of drug-likeness (QED) is 0.515. The van der Waals surface area contributed by atoms with Gasteiger partial charge in [0.15, 0.2) is 0 Å². The Labute approximate surface area is 194 Å². The Balaban J connectivity index is 1.50. The summed E-state index contributed by atoms with van der Waals surface area (Å²) in [6.45, 7) is 1.65. The molecular weight excluding hydrogens is 416 g/mol. The van der Waals surface area contributed by atoms with E-state index in [1.807, 2.05) is 37.4 Å². The molecule has 1 atom stereocenters. The molecule has 0 amide bonds. The van der Waals surface area contributed by atoms with Crippen molar-refractivity contribution < 1.29 is 14.6 Å². The molecule has 7 nitrogen and oxygen atoms in total. The third kappa shape index (κ3) is 5.25. The largest absolute Gasteiger partial charge is 0.497 e. The minimum Gasteiger partial charge on any atom is -0.497 e. The van der Waals surface area contributed by atoms with Gasteiger partial charge in [-0.25, -0.2) is 14.8 Å². The number of hydrogen-bond acceptors (Lipinski definition) is 6. The predicted octanol–water partition coefficient (Wildman–Crippen LogP) is 4.59. The van der Waals surface area contributed by atoms with Gasteiger partial charge in [-0.05, 0) is 55.5 Å². The third-order valence-corrected chi connectivity index (χ3v) is 6.20. The summed E-state index contributed by atoms with van der Waals surface area (Å²) in [5.41, 5.74) is 3.10. The topological polar surface area (TPSA) is 78.8 Å². The van der Waals surface area contributed by atoms with E-state index < -0.39 is 5.97 Å². The van der Waals surface area contributed by atoms with Crippen molar-refractivity contribution in [3.63, 3.8) is 0 Å². The van der Waals surface area contributed by atoms with Gasteiger partial charge in [0.25, 0.3) is 0 Å². The maximum atomic E-state index is 11.8. The average molecular weight is 447 g/mol. The number of benzene rings is 2. The van der Waals surface area contributed by atoms with Crippen LogP contribution in [0.15, 0.2) is 60.8 Å². The van der Waals surface area contributed by atoms with Crippen LogP contribution in [0, 0.1) is 0 Å². The van der Waals surface area contributed by atoms with Gasteiger partial charge in [0.2, 0.25) is 5.95 Å².